The number of allylic oxidation sites excluding steroid dienone is 2. The molecular formula is C23H38N4O4S. The molecule has 0 aliphatic carbocycles. The highest BCUT2D eigenvalue weighted by Crippen LogP contribution is 2.16. The maximum absolute atomic E-state index is 12.7. The number of hydrogen-bond donors (Lipinski definition) is 3. The van der Waals surface area contributed by atoms with Gasteiger partial charge in [-0.15, -0.1) is 0 Å². The van der Waals surface area contributed by atoms with E-state index in [-0.39, 0.29) is 30.4 Å². The van der Waals surface area contributed by atoms with E-state index in [0.29, 0.717) is 18.1 Å². The van der Waals surface area contributed by atoms with Crippen molar-refractivity contribution in [3.63, 3.8) is 0 Å². The van der Waals surface area contributed by atoms with Crippen LogP contribution in [-0.4, -0.2) is 58.9 Å². The van der Waals surface area contributed by atoms with E-state index >= 15 is 0 Å². The van der Waals surface area contributed by atoms with Gasteiger partial charge in [0.2, 0.25) is 5.91 Å². The van der Waals surface area contributed by atoms with Gasteiger partial charge in [-0.3, -0.25) is 24.1 Å². The molecule has 32 heavy (non-hydrogen) atoms. The van der Waals surface area contributed by atoms with Crippen molar-refractivity contribution < 1.29 is 19.2 Å². The SMILES string of the molecule is C=C(NCC(C)=O)C(=O)N(/C=C\N)C(CC)C(=O)NCC(=O)CSCC(CC)C/C=C\C. The Morgan fingerprint density at radius 1 is 1.12 bits per heavy atom. The Balaban J connectivity index is 4.82. The van der Waals surface area contributed by atoms with Crippen LogP contribution in [0.25, 0.3) is 0 Å². The van der Waals surface area contributed by atoms with Crippen LogP contribution in [0.3, 0.4) is 0 Å². The molecule has 0 aromatic carbocycles. The Morgan fingerprint density at radius 2 is 1.81 bits per heavy atom. The highest BCUT2D eigenvalue weighted by Gasteiger charge is 2.28. The molecule has 0 heterocycles. The number of nitrogens with two attached hydrogens (primary N) is 1. The van der Waals surface area contributed by atoms with E-state index in [1.807, 2.05) is 13.0 Å². The summed E-state index contributed by atoms with van der Waals surface area (Å²) in [6.45, 7) is 10.7. The number of nitrogens with zero attached hydrogens (tertiary/aromatic N) is 1. The molecule has 2 unspecified atom stereocenters. The molecule has 2 atom stereocenters. The van der Waals surface area contributed by atoms with Gasteiger partial charge < -0.3 is 16.4 Å². The second kappa shape index (κ2) is 17.1. The first-order valence-electron chi connectivity index (χ1n) is 10.8. The van der Waals surface area contributed by atoms with Gasteiger partial charge in [-0.1, -0.05) is 39.0 Å². The van der Waals surface area contributed by atoms with Crippen molar-refractivity contribution in [1.29, 1.82) is 0 Å². The zero-order valence-corrected chi connectivity index (χ0v) is 20.5. The lowest BCUT2D eigenvalue weighted by Crippen LogP contribution is -2.49. The summed E-state index contributed by atoms with van der Waals surface area (Å²) in [5.41, 5.74) is 5.43. The molecule has 0 fully saturated rings. The fraction of sp³-hybridized carbons (Fsp3) is 0.565. The molecule has 0 aliphatic heterocycles. The minimum absolute atomic E-state index is 0.0274. The van der Waals surface area contributed by atoms with Gasteiger partial charge in [0.1, 0.15) is 11.8 Å². The van der Waals surface area contributed by atoms with Crippen LogP contribution in [0.5, 0.6) is 0 Å². The van der Waals surface area contributed by atoms with Crippen LogP contribution in [0.1, 0.15) is 47.0 Å². The number of carbonyl (C=O) groups excluding carboxylic acids is 4. The Hall–Kier alpha value is -2.55. The van der Waals surface area contributed by atoms with E-state index in [4.69, 9.17) is 5.73 Å². The van der Waals surface area contributed by atoms with E-state index in [0.717, 1.165) is 29.7 Å². The third-order valence-electron chi connectivity index (χ3n) is 4.67. The van der Waals surface area contributed by atoms with Crippen molar-refractivity contribution in [1.82, 2.24) is 15.5 Å². The standard InChI is InChI=1S/C23H38N4O4S/c1-6-9-10-19(7-2)15-32-16-20(29)14-26-22(30)21(8-3)27(12-11-24)23(31)18(5)25-13-17(4)28/h6,9,11-12,19,21,25H,5,7-8,10,13-16,24H2,1-4H3,(H,26,30)/b9-6-,12-11-. The fourth-order valence-electron chi connectivity index (χ4n) is 2.75. The summed E-state index contributed by atoms with van der Waals surface area (Å²) in [6.07, 6.45) is 8.93. The topological polar surface area (TPSA) is 122 Å². The summed E-state index contributed by atoms with van der Waals surface area (Å²) in [5, 5.41) is 5.25. The average Bonchev–Trinajstić information content (AvgIpc) is 2.77. The summed E-state index contributed by atoms with van der Waals surface area (Å²) in [7, 11) is 0. The number of hydrogen-bond acceptors (Lipinski definition) is 7. The molecule has 0 saturated carbocycles. The molecular weight excluding hydrogens is 428 g/mol. The molecule has 0 saturated heterocycles. The molecule has 0 spiro atoms. The zero-order chi connectivity index (χ0) is 24.5. The monoisotopic (exact) mass is 466 g/mol. The fourth-order valence-corrected chi connectivity index (χ4v) is 3.90. The molecule has 2 amide bonds. The number of ketones is 2. The van der Waals surface area contributed by atoms with Crippen molar-refractivity contribution in [2.75, 3.05) is 24.6 Å². The number of amides is 2. The van der Waals surface area contributed by atoms with Crippen LogP contribution in [0.2, 0.25) is 0 Å². The maximum Gasteiger partial charge on any atom is 0.274 e. The third-order valence-corrected chi connectivity index (χ3v) is 5.91. The van der Waals surface area contributed by atoms with E-state index in [1.54, 1.807) is 18.7 Å². The van der Waals surface area contributed by atoms with Gasteiger partial charge in [0, 0.05) is 12.4 Å². The van der Waals surface area contributed by atoms with E-state index in [1.165, 1.54) is 13.1 Å². The van der Waals surface area contributed by atoms with Crippen molar-refractivity contribution >= 4 is 35.1 Å². The molecule has 0 bridgehead atoms. The third kappa shape index (κ3) is 11.7. The lowest BCUT2D eigenvalue weighted by Gasteiger charge is -2.27. The largest absolute Gasteiger partial charge is 0.403 e. The number of rotatable bonds is 17. The molecule has 0 radical (unpaired) electrons. The number of Topliss-reactive ketones (excluding diaryl/α,β-unsaturated/α-hetero) is 2. The summed E-state index contributed by atoms with van der Waals surface area (Å²) < 4.78 is 0. The van der Waals surface area contributed by atoms with Crippen LogP contribution < -0.4 is 16.4 Å². The van der Waals surface area contributed by atoms with Gasteiger partial charge in [0.05, 0.1) is 24.5 Å². The van der Waals surface area contributed by atoms with E-state index in [2.05, 4.69) is 30.2 Å². The normalized spacial score (nSPS) is 13.0. The number of carbonyl (C=O) groups is 4. The average molecular weight is 467 g/mol. The lowest BCUT2D eigenvalue weighted by molar-refractivity contribution is -0.135. The Bertz CT molecular complexity index is 706. The highest BCUT2D eigenvalue weighted by molar-refractivity contribution is 7.99. The molecule has 4 N–H and O–H groups in total. The van der Waals surface area contributed by atoms with E-state index < -0.39 is 17.9 Å². The zero-order valence-electron chi connectivity index (χ0n) is 19.7. The number of nitrogens with one attached hydrogen (secondary N) is 2. The van der Waals surface area contributed by atoms with Crippen molar-refractivity contribution in [3.05, 3.63) is 36.8 Å². The smallest absolute Gasteiger partial charge is 0.274 e. The van der Waals surface area contributed by atoms with Crippen LogP contribution in [0, 0.1) is 5.92 Å². The lowest BCUT2D eigenvalue weighted by atomic mass is 10.1. The van der Waals surface area contributed by atoms with Gasteiger partial charge in [-0.2, -0.15) is 11.8 Å². The Labute approximate surface area is 196 Å². The second-order valence-electron chi connectivity index (χ2n) is 7.36. The molecule has 8 nitrogen and oxygen atoms in total. The molecule has 9 heteroatoms. The summed E-state index contributed by atoms with van der Waals surface area (Å²) in [5.74, 6) is 0.444. The first-order chi connectivity index (χ1) is 15.2. The van der Waals surface area contributed by atoms with Gasteiger partial charge in [-0.25, -0.2) is 0 Å². The predicted octanol–water partition coefficient (Wildman–Crippen LogP) is 2.13. The first-order valence-corrected chi connectivity index (χ1v) is 12.0. The van der Waals surface area contributed by atoms with Gasteiger partial charge >= 0.3 is 0 Å². The summed E-state index contributed by atoms with van der Waals surface area (Å²) in [6, 6.07) is -0.871. The molecule has 180 valence electrons. The Kier molecular flexibility index (Phi) is 15.7. The summed E-state index contributed by atoms with van der Waals surface area (Å²) >= 11 is 1.57. The van der Waals surface area contributed by atoms with Crippen LogP contribution >= 0.6 is 11.8 Å². The van der Waals surface area contributed by atoms with Crippen molar-refractivity contribution in [3.8, 4) is 0 Å². The molecule has 0 aromatic heterocycles. The minimum atomic E-state index is -0.871. The van der Waals surface area contributed by atoms with Crippen LogP contribution in [-0.2, 0) is 19.2 Å². The van der Waals surface area contributed by atoms with Crippen molar-refractivity contribution in [2.45, 2.75) is 53.0 Å². The molecule has 0 rings (SSSR count). The maximum atomic E-state index is 12.7. The Morgan fingerprint density at radius 3 is 2.34 bits per heavy atom. The van der Waals surface area contributed by atoms with Gasteiger partial charge in [0.25, 0.3) is 5.91 Å². The first kappa shape index (κ1) is 29.5. The van der Waals surface area contributed by atoms with Crippen molar-refractivity contribution in [2.24, 2.45) is 11.7 Å². The minimum Gasteiger partial charge on any atom is -0.403 e. The van der Waals surface area contributed by atoms with Crippen LogP contribution in [0.15, 0.2) is 36.8 Å². The van der Waals surface area contributed by atoms with Crippen LogP contribution in [0.4, 0.5) is 0 Å². The molecule has 0 aliphatic rings. The predicted molar refractivity (Wildman–Crippen MR) is 131 cm³/mol. The number of thioether (sulfide) groups is 1. The second-order valence-corrected chi connectivity index (χ2v) is 8.39. The van der Waals surface area contributed by atoms with Gasteiger partial charge in [0.15, 0.2) is 5.78 Å². The quantitative estimate of drug-likeness (QED) is 0.222. The van der Waals surface area contributed by atoms with Gasteiger partial charge in [-0.05, 0) is 38.4 Å². The molecule has 0 aromatic rings. The highest BCUT2D eigenvalue weighted by atomic mass is 32.2. The summed E-state index contributed by atoms with van der Waals surface area (Å²) in [4.78, 5) is 49.9. The van der Waals surface area contributed by atoms with E-state index in [9.17, 15) is 19.2 Å².